The molecule has 0 spiro atoms. The Morgan fingerprint density at radius 1 is 1.38 bits per heavy atom. The summed E-state index contributed by atoms with van der Waals surface area (Å²) in [5, 5.41) is 1.87. The summed E-state index contributed by atoms with van der Waals surface area (Å²) in [7, 11) is -0.843. The van der Waals surface area contributed by atoms with Crippen LogP contribution in [-0.2, 0) is 0 Å². The molecule has 1 saturated heterocycles. The summed E-state index contributed by atoms with van der Waals surface area (Å²) >= 11 is 0. The molecule has 1 aliphatic carbocycles. The Morgan fingerprint density at radius 2 is 2.15 bits per heavy atom. The molecule has 2 rings (SSSR count). The van der Waals surface area contributed by atoms with Crippen molar-refractivity contribution in [1.29, 1.82) is 0 Å². The standard InChI is InChI=1S/C12H20Si/c1-3-7-13(8-4-9-13)12-6-5-11(2)10-12/h5,10H,3-4,6-9H2,1-2H3. The first-order valence-corrected chi connectivity index (χ1v) is 8.27. The lowest BCUT2D eigenvalue weighted by atomic mass is 10.3. The molecule has 13 heavy (non-hydrogen) atoms. The highest BCUT2D eigenvalue weighted by atomic mass is 28.3. The van der Waals surface area contributed by atoms with Crippen LogP contribution in [0.4, 0.5) is 0 Å². The van der Waals surface area contributed by atoms with Crippen LogP contribution < -0.4 is 0 Å². The first kappa shape index (κ1) is 9.26. The summed E-state index contributed by atoms with van der Waals surface area (Å²) < 4.78 is 0. The minimum atomic E-state index is -0.843. The van der Waals surface area contributed by atoms with Crippen LogP contribution in [0.5, 0.6) is 0 Å². The van der Waals surface area contributed by atoms with Crippen molar-refractivity contribution in [2.45, 2.75) is 51.2 Å². The van der Waals surface area contributed by atoms with Gasteiger partial charge < -0.3 is 0 Å². The van der Waals surface area contributed by atoms with E-state index >= 15 is 0 Å². The van der Waals surface area contributed by atoms with Gasteiger partial charge in [0, 0.05) is 0 Å². The number of rotatable bonds is 3. The van der Waals surface area contributed by atoms with E-state index in [1.807, 2.05) is 5.20 Å². The van der Waals surface area contributed by atoms with E-state index in [1.165, 1.54) is 24.8 Å². The zero-order valence-electron chi connectivity index (χ0n) is 8.90. The molecule has 0 saturated carbocycles. The van der Waals surface area contributed by atoms with Crippen LogP contribution in [-0.4, -0.2) is 8.07 Å². The molecular formula is C12H20Si. The smallest absolute Gasteiger partial charge is 0.0779 e. The first-order chi connectivity index (χ1) is 6.27. The van der Waals surface area contributed by atoms with Crippen LogP contribution in [0.1, 0.15) is 33.1 Å². The third kappa shape index (κ3) is 1.54. The van der Waals surface area contributed by atoms with Crippen molar-refractivity contribution in [2.75, 3.05) is 0 Å². The highest BCUT2D eigenvalue weighted by Gasteiger charge is 2.41. The van der Waals surface area contributed by atoms with Gasteiger partial charge in [0.1, 0.15) is 0 Å². The fraction of sp³-hybridized carbons (Fsp3) is 0.667. The van der Waals surface area contributed by atoms with Gasteiger partial charge in [-0.1, -0.05) is 60.8 Å². The van der Waals surface area contributed by atoms with Gasteiger partial charge in [0.05, 0.1) is 8.07 Å². The molecule has 0 N–H and O–H groups in total. The van der Waals surface area contributed by atoms with E-state index in [0.29, 0.717) is 0 Å². The molecule has 1 fully saturated rings. The maximum absolute atomic E-state index is 2.50. The van der Waals surface area contributed by atoms with Gasteiger partial charge in [-0.25, -0.2) is 0 Å². The Kier molecular flexibility index (Phi) is 2.46. The van der Waals surface area contributed by atoms with Crippen molar-refractivity contribution in [3.8, 4) is 0 Å². The van der Waals surface area contributed by atoms with Gasteiger partial charge in [0.15, 0.2) is 0 Å². The summed E-state index contributed by atoms with van der Waals surface area (Å²) in [6, 6.07) is 4.74. The summed E-state index contributed by atoms with van der Waals surface area (Å²) in [6.07, 6.45) is 9.14. The molecule has 0 unspecified atom stereocenters. The second kappa shape index (κ2) is 3.45. The van der Waals surface area contributed by atoms with Gasteiger partial charge in [0.2, 0.25) is 0 Å². The lowest BCUT2D eigenvalue weighted by molar-refractivity contribution is 0.853. The van der Waals surface area contributed by atoms with Crippen molar-refractivity contribution in [3.05, 3.63) is 22.9 Å². The van der Waals surface area contributed by atoms with Crippen LogP contribution in [0, 0.1) is 0 Å². The fourth-order valence-corrected chi connectivity index (χ4v) is 7.54. The molecule has 0 radical (unpaired) electrons. The maximum atomic E-state index is 2.50. The quantitative estimate of drug-likeness (QED) is 0.591. The van der Waals surface area contributed by atoms with Crippen LogP contribution in [0.2, 0.25) is 18.1 Å². The maximum Gasteiger partial charge on any atom is 0.0819 e. The largest absolute Gasteiger partial charge is 0.0819 e. The minimum absolute atomic E-state index is 0.843. The molecule has 1 heterocycles. The topological polar surface area (TPSA) is 0 Å². The third-order valence-electron chi connectivity index (χ3n) is 3.77. The molecule has 72 valence electrons. The second-order valence-corrected chi connectivity index (χ2v) is 9.41. The van der Waals surface area contributed by atoms with Crippen molar-refractivity contribution >= 4 is 8.07 Å². The van der Waals surface area contributed by atoms with E-state index in [-0.39, 0.29) is 0 Å². The van der Waals surface area contributed by atoms with E-state index in [4.69, 9.17) is 0 Å². The SMILES string of the molecule is CCC[Si]1(C2=CC(C)=CC2)CCC1. The highest BCUT2D eigenvalue weighted by Crippen LogP contribution is 2.45. The van der Waals surface area contributed by atoms with Gasteiger partial charge in [-0.2, -0.15) is 0 Å². The molecule has 2 aliphatic rings. The Bertz CT molecular complexity index is 256. The van der Waals surface area contributed by atoms with Crippen molar-refractivity contribution in [3.63, 3.8) is 0 Å². The summed E-state index contributed by atoms with van der Waals surface area (Å²) in [4.78, 5) is 0. The molecule has 0 aromatic heterocycles. The Labute approximate surface area is 82.7 Å². The van der Waals surface area contributed by atoms with Gasteiger partial charge in [-0.3, -0.25) is 0 Å². The van der Waals surface area contributed by atoms with Crippen molar-refractivity contribution in [1.82, 2.24) is 0 Å². The summed E-state index contributed by atoms with van der Waals surface area (Å²) in [5.41, 5.74) is 1.52. The average Bonchev–Trinajstić information content (AvgIpc) is 2.44. The molecule has 0 bridgehead atoms. The van der Waals surface area contributed by atoms with E-state index < -0.39 is 8.07 Å². The number of hydrogen-bond acceptors (Lipinski definition) is 0. The Hall–Kier alpha value is -0.303. The fourth-order valence-electron chi connectivity index (χ4n) is 2.85. The predicted molar refractivity (Wildman–Crippen MR) is 61.5 cm³/mol. The van der Waals surface area contributed by atoms with Gasteiger partial charge in [-0.05, 0) is 13.3 Å². The van der Waals surface area contributed by atoms with E-state index in [1.54, 1.807) is 18.1 Å². The van der Waals surface area contributed by atoms with E-state index in [0.717, 1.165) is 0 Å². The van der Waals surface area contributed by atoms with Crippen molar-refractivity contribution < 1.29 is 0 Å². The molecular weight excluding hydrogens is 172 g/mol. The lowest BCUT2D eigenvalue weighted by Crippen LogP contribution is -2.43. The third-order valence-corrected chi connectivity index (χ3v) is 9.56. The lowest BCUT2D eigenvalue weighted by Gasteiger charge is -2.41. The molecule has 0 amide bonds. The minimum Gasteiger partial charge on any atom is -0.0779 e. The average molecular weight is 192 g/mol. The van der Waals surface area contributed by atoms with Gasteiger partial charge in [0.25, 0.3) is 0 Å². The molecule has 0 atom stereocenters. The zero-order valence-corrected chi connectivity index (χ0v) is 9.90. The van der Waals surface area contributed by atoms with Crippen LogP contribution in [0.25, 0.3) is 0 Å². The highest BCUT2D eigenvalue weighted by molar-refractivity contribution is 6.88. The molecule has 0 nitrogen and oxygen atoms in total. The second-order valence-electron chi connectivity index (χ2n) is 4.71. The summed E-state index contributed by atoms with van der Waals surface area (Å²) in [5.74, 6) is 0. The molecule has 1 heteroatoms. The molecule has 1 aliphatic heterocycles. The van der Waals surface area contributed by atoms with Crippen LogP contribution in [0.15, 0.2) is 22.9 Å². The van der Waals surface area contributed by atoms with Gasteiger partial charge >= 0.3 is 0 Å². The predicted octanol–water partition coefficient (Wildman–Crippen LogP) is 4.06. The first-order valence-electron chi connectivity index (χ1n) is 5.65. The van der Waals surface area contributed by atoms with Crippen LogP contribution in [0.3, 0.4) is 0 Å². The van der Waals surface area contributed by atoms with E-state index in [9.17, 15) is 0 Å². The van der Waals surface area contributed by atoms with Crippen molar-refractivity contribution in [2.24, 2.45) is 0 Å². The Morgan fingerprint density at radius 3 is 2.54 bits per heavy atom. The Balaban J connectivity index is 2.10. The number of allylic oxidation sites excluding steroid dienone is 4. The zero-order chi connectivity index (χ0) is 9.31. The van der Waals surface area contributed by atoms with Crippen LogP contribution >= 0.6 is 0 Å². The summed E-state index contributed by atoms with van der Waals surface area (Å²) in [6.45, 7) is 4.60. The monoisotopic (exact) mass is 192 g/mol. The number of hydrogen-bond donors (Lipinski definition) is 0. The van der Waals surface area contributed by atoms with Gasteiger partial charge in [-0.15, -0.1) is 0 Å². The molecule has 0 aromatic carbocycles. The van der Waals surface area contributed by atoms with E-state index in [2.05, 4.69) is 26.0 Å². The normalized spacial score (nSPS) is 25.1. The molecule has 0 aromatic rings.